The number of H-pyrrole nitrogens is 1. The van der Waals surface area contributed by atoms with E-state index in [1.807, 2.05) is 20.8 Å². The van der Waals surface area contributed by atoms with E-state index in [0.29, 0.717) is 17.6 Å². The maximum absolute atomic E-state index is 11.9. The summed E-state index contributed by atoms with van der Waals surface area (Å²) < 4.78 is 6.86. The molecular formula is C11H15N3O2. The molecule has 0 aliphatic carbocycles. The topological polar surface area (TPSA) is 59.4 Å². The van der Waals surface area contributed by atoms with Crippen LogP contribution >= 0.6 is 0 Å². The fraction of sp³-hybridized carbons (Fsp3) is 0.455. The Morgan fingerprint density at radius 3 is 3.00 bits per heavy atom. The number of rotatable bonds is 3. The van der Waals surface area contributed by atoms with Crippen molar-refractivity contribution in [3.63, 3.8) is 0 Å². The van der Waals surface area contributed by atoms with Crippen LogP contribution in [0.25, 0.3) is 5.65 Å². The normalized spacial score (nSPS) is 11.2. The van der Waals surface area contributed by atoms with Gasteiger partial charge >= 0.3 is 5.97 Å². The minimum atomic E-state index is -0.315. The van der Waals surface area contributed by atoms with Crippen LogP contribution in [-0.4, -0.2) is 26.7 Å². The van der Waals surface area contributed by atoms with Crippen LogP contribution in [0.5, 0.6) is 0 Å². The van der Waals surface area contributed by atoms with E-state index in [9.17, 15) is 4.79 Å². The Balaban J connectivity index is 2.47. The molecule has 0 radical (unpaired) electrons. The van der Waals surface area contributed by atoms with Crippen molar-refractivity contribution in [2.24, 2.45) is 0 Å². The molecule has 1 N–H and O–H groups in total. The van der Waals surface area contributed by atoms with Crippen LogP contribution in [0.15, 0.2) is 12.4 Å². The smallest absolute Gasteiger partial charge is 0.344 e. The molecule has 2 aromatic rings. The summed E-state index contributed by atoms with van der Waals surface area (Å²) in [7, 11) is 0. The molecule has 0 atom stereocenters. The first-order valence-electron chi connectivity index (χ1n) is 5.39. The lowest BCUT2D eigenvalue weighted by Crippen LogP contribution is -2.13. The van der Waals surface area contributed by atoms with Gasteiger partial charge in [0.25, 0.3) is 0 Å². The molecule has 0 saturated heterocycles. The number of aromatic nitrogens is 3. The van der Waals surface area contributed by atoms with Gasteiger partial charge in [-0.25, -0.2) is 9.31 Å². The summed E-state index contributed by atoms with van der Waals surface area (Å²) in [5, 5.41) is 4.30. The molecule has 0 spiro atoms. The fourth-order valence-corrected chi connectivity index (χ4v) is 1.65. The van der Waals surface area contributed by atoms with Gasteiger partial charge < -0.3 is 9.72 Å². The van der Waals surface area contributed by atoms with E-state index in [0.717, 1.165) is 5.69 Å². The zero-order valence-corrected chi connectivity index (χ0v) is 9.65. The van der Waals surface area contributed by atoms with Crippen molar-refractivity contribution >= 4 is 11.6 Å². The van der Waals surface area contributed by atoms with Crippen LogP contribution in [-0.2, 0) is 11.2 Å². The van der Waals surface area contributed by atoms with Gasteiger partial charge in [0.15, 0.2) is 0 Å². The molecule has 2 rings (SSSR count). The molecule has 86 valence electrons. The summed E-state index contributed by atoms with van der Waals surface area (Å²) in [5.74, 6) is -0.315. The summed E-state index contributed by atoms with van der Waals surface area (Å²) in [4.78, 5) is 14.9. The van der Waals surface area contributed by atoms with Gasteiger partial charge in [-0.1, -0.05) is 6.92 Å². The van der Waals surface area contributed by atoms with Gasteiger partial charge in [0, 0.05) is 12.4 Å². The molecule has 5 nitrogen and oxygen atoms in total. The number of nitrogens with zero attached hydrogens (tertiary/aromatic N) is 2. The Labute approximate surface area is 93.4 Å². The highest BCUT2D eigenvalue weighted by Gasteiger charge is 2.21. The maximum Gasteiger partial charge on any atom is 0.344 e. The SMILES string of the molecule is CCc1nn2cc[nH]c2c1C(=O)OC(C)C. The highest BCUT2D eigenvalue weighted by atomic mass is 16.5. The van der Waals surface area contributed by atoms with Gasteiger partial charge in [-0.3, -0.25) is 0 Å². The third-order valence-electron chi connectivity index (χ3n) is 2.30. The predicted octanol–water partition coefficient (Wildman–Crippen LogP) is 1.79. The number of hydrogen-bond acceptors (Lipinski definition) is 3. The molecular weight excluding hydrogens is 206 g/mol. The molecule has 0 aliphatic heterocycles. The standard InChI is InChI=1S/C11H15N3O2/c1-4-8-9(11(15)16-7(2)3)10-12-5-6-14(10)13-8/h5-7,12H,4H2,1-3H3. The van der Waals surface area contributed by atoms with Crippen LogP contribution in [0, 0.1) is 0 Å². The summed E-state index contributed by atoms with van der Waals surface area (Å²) in [6.45, 7) is 5.63. The molecule has 2 aromatic heterocycles. The minimum absolute atomic E-state index is 0.123. The third-order valence-corrected chi connectivity index (χ3v) is 2.30. The number of nitrogens with one attached hydrogen (secondary N) is 1. The van der Waals surface area contributed by atoms with Crippen molar-refractivity contribution in [3.05, 3.63) is 23.7 Å². The highest BCUT2D eigenvalue weighted by Crippen LogP contribution is 2.16. The predicted molar refractivity (Wildman–Crippen MR) is 59.5 cm³/mol. The number of carbonyl (C=O) groups is 1. The second kappa shape index (κ2) is 4.00. The van der Waals surface area contributed by atoms with Crippen molar-refractivity contribution in [3.8, 4) is 0 Å². The van der Waals surface area contributed by atoms with Gasteiger partial charge in [0.2, 0.25) is 0 Å². The van der Waals surface area contributed by atoms with Crippen molar-refractivity contribution in [1.82, 2.24) is 14.6 Å². The largest absolute Gasteiger partial charge is 0.459 e. The lowest BCUT2D eigenvalue weighted by atomic mass is 10.2. The molecule has 0 unspecified atom stereocenters. The monoisotopic (exact) mass is 221 g/mol. The molecule has 16 heavy (non-hydrogen) atoms. The number of esters is 1. The number of carbonyl (C=O) groups excluding carboxylic acids is 1. The van der Waals surface area contributed by atoms with Gasteiger partial charge in [-0.2, -0.15) is 5.10 Å². The maximum atomic E-state index is 11.9. The van der Waals surface area contributed by atoms with E-state index in [2.05, 4.69) is 10.1 Å². The summed E-state index contributed by atoms with van der Waals surface area (Å²) >= 11 is 0. The first-order valence-corrected chi connectivity index (χ1v) is 5.39. The van der Waals surface area contributed by atoms with E-state index in [1.54, 1.807) is 16.9 Å². The number of ether oxygens (including phenoxy) is 1. The first kappa shape index (κ1) is 10.7. The Kier molecular flexibility index (Phi) is 2.68. The van der Waals surface area contributed by atoms with Crippen LogP contribution < -0.4 is 0 Å². The van der Waals surface area contributed by atoms with E-state index >= 15 is 0 Å². The second-order valence-electron chi connectivity index (χ2n) is 3.88. The van der Waals surface area contributed by atoms with Crippen LogP contribution in [0.1, 0.15) is 36.8 Å². The lowest BCUT2D eigenvalue weighted by molar-refractivity contribution is 0.0379. The minimum Gasteiger partial charge on any atom is -0.459 e. The highest BCUT2D eigenvalue weighted by molar-refractivity contribution is 5.97. The van der Waals surface area contributed by atoms with Crippen molar-refractivity contribution in [1.29, 1.82) is 0 Å². The molecule has 5 heteroatoms. The molecule has 0 fully saturated rings. The average Bonchev–Trinajstić information content (AvgIpc) is 2.73. The number of imidazole rings is 1. The van der Waals surface area contributed by atoms with Crippen molar-refractivity contribution in [2.45, 2.75) is 33.3 Å². The second-order valence-corrected chi connectivity index (χ2v) is 3.88. The number of aromatic amines is 1. The zero-order valence-electron chi connectivity index (χ0n) is 9.65. The van der Waals surface area contributed by atoms with Gasteiger partial charge in [0.05, 0.1) is 11.8 Å². The summed E-state index contributed by atoms with van der Waals surface area (Å²) in [6, 6.07) is 0. The average molecular weight is 221 g/mol. The quantitative estimate of drug-likeness (QED) is 0.804. The fourth-order valence-electron chi connectivity index (χ4n) is 1.65. The molecule has 0 amide bonds. The Morgan fingerprint density at radius 2 is 2.38 bits per heavy atom. The number of fused-ring (bicyclic) bond motifs is 1. The Morgan fingerprint density at radius 1 is 1.62 bits per heavy atom. The van der Waals surface area contributed by atoms with Gasteiger partial charge in [-0.05, 0) is 20.3 Å². The molecule has 0 aliphatic rings. The molecule has 0 bridgehead atoms. The summed E-state index contributed by atoms with van der Waals surface area (Å²) in [5.41, 5.74) is 2.00. The molecule has 0 saturated carbocycles. The molecule has 2 heterocycles. The van der Waals surface area contributed by atoms with E-state index in [1.165, 1.54) is 0 Å². The first-order chi connectivity index (χ1) is 7.63. The Bertz CT molecular complexity index is 510. The van der Waals surface area contributed by atoms with Crippen LogP contribution in [0.4, 0.5) is 0 Å². The Hall–Kier alpha value is -1.78. The zero-order chi connectivity index (χ0) is 11.7. The van der Waals surface area contributed by atoms with E-state index in [4.69, 9.17) is 4.74 Å². The van der Waals surface area contributed by atoms with Crippen LogP contribution in [0.3, 0.4) is 0 Å². The van der Waals surface area contributed by atoms with Crippen molar-refractivity contribution < 1.29 is 9.53 Å². The number of aryl methyl sites for hydroxylation is 1. The summed E-state index contributed by atoms with van der Waals surface area (Å²) in [6.07, 6.45) is 4.11. The van der Waals surface area contributed by atoms with E-state index < -0.39 is 0 Å². The van der Waals surface area contributed by atoms with Crippen LogP contribution in [0.2, 0.25) is 0 Å². The van der Waals surface area contributed by atoms with Gasteiger partial charge in [0.1, 0.15) is 11.2 Å². The van der Waals surface area contributed by atoms with Crippen molar-refractivity contribution in [2.75, 3.05) is 0 Å². The third kappa shape index (κ3) is 1.68. The van der Waals surface area contributed by atoms with Gasteiger partial charge in [-0.15, -0.1) is 0 Å². The lowest BCUT2D eigenvalue weighted by Gasteiger charge is -2.07. The number of hydrogen-bond donors (Lipinski definition) is 1. The van der Waals surface area contributed by atoms with E-state index in [-0.39, 0.29) is 12.1 Å². The molecule has 0 aromatic carbocycles.